The van der Waals surface area contributed by atoms with Crippen LogP contribution in [0.2, 0.25) is 0 Å². The fraction of sp³-hybridized carbons (Fsp3) is 0.833. The Labute approximate surface area is 157 Å². The molecule has 3 fully saturated rings. The van der Waals surface area contributed by atoms with Gasteiger partial charge in [0.2, 0.25) is 0 Å². The summed E-state index contributed by atoms with van der Waals surface area (Å²) in [7, 11) is -1.30. The zero-order valence-electron chi connectivity index (χ0n) is 15.5. The molecule has 0 radical (unpaired) electrons. The van der Waals surface area contributed by atoms with Gasteiger partial charge < -0.3 is 0 Å². The Hall–Kier alpha value is -1.09. The summed E-state index contributed by atoms with van der Waals surface area (Å²) < 4.78 is 63.8. The number of hydrogen-bond donors (Lipinski definition) is 0. The zero-order valence-corrected chi connectivity index (χ0v) is 16.3. The highest BCUT2D eigenvalue weighted by Crippen LogP contribution is 2.44. The van der Waals surface area contributed by atoms with Gasteiger partial charge in [-0.2, -0.15) is 18.3 Å². The molecule has 2 saturated heterocycles. The van der Waals surface area contributed by atoms with E-state index in [0.717, 1.165) is 51.6 Å². The maximum atomic E-state index is 12.9. The lowest BCUT2D eigenvalue weighted by molar-refractivity contribution is -0.141. The summed E-state index contributed by atoms with van der Waals surface area (Å²) in [6, 6.07) is 1.61. The Morgan fingerprint density at radius 2 is 1.89 bits per heavy atom. The number of rotatable bonds is 2. The van der Waals surface area contributed by atoms with Gasteiger partial charge in [-0.1, -0.05) is 0 Å². The number of alkyl halides is 3. The van der Waals surface area contributed by atoms with Crippen LogP contribution in [0.4, 0.5) is 13.2 Å². The van der Waals surface area contributed by atoms with Gasteiger partial charge in [0.15, 0.2) is 15.5 Å². The van der Waals surface area contributed by atoms with Crippen molar-refractivity contribution in [2.75, 3.05) is 24.6 Å². The highest BCUT2D eigenvalue weighted by atomic mass is 32.2. The van der Waals surface area contributed by atoms with Gasteiger partial charge in [-0.05, 0) is 56.6 Å². The van der Waals surface area contributed by atoms with Crippen LogP contribution in [0.1, 0.15) is 55.8 Å². The highest BCUT2D eigenvalue weighted by molar-refractivity contribution is 7.91. The maximum Gasteiger partial charge on any atom is 0.435 e. The molecule has 0 N–H and O–H groups in total. The van der Waals surface area contributed by atoms with Crippen molar-refractivity contribution < 1.29 is 21.6 Å². The van der Waals surface area contributed by atoms with E-state index in [4.69, 9.17) is 0 Å². The predicted molar refractivity (Wildman–Crippen MR) is 95.1 cm³/mol. The van der Waals surface area contributed by atoms with Gasteiger partial charge in [-0.25, -0.2) is 8.42 Å². The lowest BCUT2D eigenvalue weighted by Crippen LogP contribution is -2.38. The van der Waals surface area contributed by atoms with Crippen LogP contribution in [0, 0.1) is 5.41 Å². The van der Waals surface area contributed by atoms with Crippen molar-refractivity contribution in [1.82, 2.24) is 14.7 Å². The largest absolute Gasteiger partial charge is 0.435 e. The molecule has 3 aliphatic rings. The molecule has 152 valence electrons. The molecule has 0 aromatic carbocycles. The number of hydrogen-bond acceptors (Lipinski definition) is 4. The lowest BCUT2D eigenvalue weighted by Gasteiger charge is -2.35. The minimum Gasteiger partial charge on any atom is -0.300 e. The second kappa shape index (κ2) is 6.47. The number of aryl methyl sites for hydroxylation is 1. The normalized spacial score (nSPS) is 34.5. The first-order valence-corrected chi connectivity index (χ1v) is 11.4. The summed E-state index contributed by atoms with van der Waals surface area (Å²) in [5.74, 6) is 0.745. The van der Waals surface area contributed by atoms with E-state index in [1.807, 2.05) is 0 Å². The summed E-state index contributed by atoms with van der Waals surface area (Å²) in [6.45, 7) is 1.79. The maximum absolute atomic E-state index is 12.9. The van der Waals surface area contributed by atoms with Gasteiger partial charge in [0, 0.05) is 31.2 Å². The SMILES string of the molecule is Cn1nc(C(F)(F)F)cc1C1CCC(N2CC[C@]3(CCS(=O)(=O)C3)C2)CC1. The number of nitrogens with zero attached hydrogens (tertiary/aromatic N) is 3. The Morgan fingerprint density at radius 1 is 1.19 bits per heavy atom. The average molecular weight is 405 g/mol. The van der Waals surface area contributed by atoms with E-state index in [1.54, 1.807) is 7.05 Å². The minimum atomic E-state index is -4.40. The van der Waals surface area contributed by atoms with Crippen LogP contribution in [0.25, 0.3) is 0 Å². The highest BCUT2D eigenvalue weighted by Gasteiger charge is 2.48. The van der Waals surface area contributed by atoms with Crippen LogP contribution in [-0.2, 0) is 23.1 Å². The van der Waals surface area contributed by atoms with E-state index >= 15 is 0 Å². The van der Waals surface area contributed by atoms with Gasteiger partial charge in [-0.15, -0.1) is 0 Å². The monoisotopic (exact) mass is 405 g/mol. The van der Waals surface area contributed by atoms with Crippen LogP contribution in [0.15, 0.2) is 6.07 Å². The van der Waals surface area contributed by atoms with Crippen LogP contribution in [0.3, 0.4) is 0 Å². The van der Waals surface area contributed by atoms with Crippen LogP contribution in [-0.4, -0.2) is 53.7 Å². The fourth-order valence-electron chi connectivity index (χ4n) is 5.33. The van der Waals surface area contributed by atoms with Crippen molar-refractivity contribution in [2.24, 2.45) is 12.5 Å². The molecule has 1 aliphatic carbocycles. The Balaban J connectivity index is 1.37. The van der Waals surface area contributed by atoms with Crippen LogP contribution >= 0.6 is 0 Å². The molecule has 27 heavy (non-hydrogen) atoms. The van der Waals surface area contributed by atoms with Crippen molar-refractivity contribution in [3.05, 3.63) is 17.5 Å². The van der Waals surface area contributed by atoms with Gasteiger partial charge in [0.05, 0.1) is 11.5 Å². The summed E-state index contributed by atoms with van der Waals surface area (Å²) in [5, 5.41) is 3.64. The van der Waals surface area contributed by atoms with Crippen molar-refractivity contribution in [3.8, 4) is 0 Å². The number of sulfone groups is 1. The first-order valence-electron chi connectivity index (χ1n) is 9.63. The summed E-state index contributed by atoms with van der Waals surface area (Å²) in [6.07, 6.45) is 0.907. The molecule has 9 heteroatoms. The second-order valence-electron chi connectivity index (χ2n) is 8.64. The smallest absolute Gasteiger partial charge is 0.300 e. The fourth-order valence-corrected chi connectivity index (χ4v) is 7.53. The third-order valence-corrected chi connectivity index (χ3v) is 8.65. The van der Waals surface area contributed by atoms with Crippen molar-refractivity contribution in [1.29, 1.82) is 0 Å². The van der Waals surface area contributed by atoms with Gasteiger partial charge >= 0.3 is 6.18 Å². The third-order valence-electron chi connectivity index (χ3n) is 6.78. The quantitative estimate of drug-likeness (QED) is 0.759. The zero-order chi connectivity index (χ0) is 19.4. The molecule has 1 aromatic rings. The Kier molecular flexibility index (Phi) is 4.61. The van der Waals surface area contributed by atoms with E-state index in [1.165, 1.54) is 10.7 Å². The van der Waals surface area contributed by atoms with E-state index in [2.05, 4.69) is 10.00 Å². The molecule has 1 atom stereocenters. The van der Waals surface area contributed by atoms with Crippen LogP contribution < -0.4 is 0 Å². The summed E-state index contributed by atoms with van der Waals surface area (Å²) in [4.78, 5) is 2.43. The lowest BCUT2D eigenvalue weighted by atomic mass is 9.83. The molecule has 2 aliphatic heterocycles. The summed E-state index contributed by atoms with van der Waals surface area (Å²) >= 11 is 0. The van der Waals surface area contributed by atoms with Crippen molar-refractivity contribution >= 4 is 9.84 Å². The molecule has 1 saturated carbocycles. The molecule has 0 unspecified atom stereocenters. The Morgan fingerprint density at radius 3 is 2.44 bits per heavy atom. The number of likely N-dealkylation sites (tertiary alicyclic amines) is 1. The average Bonchev–Trinajstić information content (AvgIpc) is 3.25. The number of aromatic nitrogens is 2. The topological polar surface area (TPSA) is 55.2 Å². The molecule has 3 heterocycles. The molecule has 5 nitrogen and oxygen atoms in total. The first-order chi connectivity index (χ1) is 12.6. The van der Waals surface area contributed by atoms with E-state index in [9.17, 15) is 21.6 Å². The minimum absolute atomic E-state index is 0.0562. The summed E-state index contributed by atoms with van der Waals surface area (Å²) in [5.41, 5.74) is -0.203. The standard InChI is InChI=1S/C18H26F3N3O2S/c1-23-15(10-16(22-23)18(19,20)21)13-2-4-14(5-3-13)24-8-6-17(11-24)7-9-27(25,26)12-17/h10,13-14H,2-9,11-12H2,1H3/t13?,14?,17-/m0/s1. The van der Waals surface area contributed by atoms with Crippen molar-refractivity contribution in [3.63, 3.8) is 0 Å². The van der Waals surface area contributed by atoms with Crippen molar-refractivity contribution in [2.45, 2.75) is 56.7 Å². The van der Waals surface area contributed by atoms with Crippen LogP contribution in [0.5, 0.6) is 0 Å². The molecule has 4 rings (SSSR count). The van der Waals surface area contributed by atoms with Gasteiger partial charge in [0.25, 0.3) is 0 Å². The predicted octanol–water partition coefficient (Wildman–Crippen LogP) is 2.98. The molecule has 0 bridgehead atoms. The molecular weight excluding hydrogens is 379 g/mol. The molecular formula is C18H26F3N3O2S. The van der Waals surface area contributed by atoms with Gasteiger partial charge in [-0.3, -0.25) is 9.58 Å². The third kappa shape index (κ3) is 3.77. The Bertz CT molecular complexity index is 812. The molecule has 1 spiro atoms. The van der Waals surface area contributed by atoms with Gasteiger partial charge in [0.1, 0.15) is 0 Å². The van der Waals surface area contributed by atoms with E-state index in [-0.39, 0.29) is 11.3 Å². The molecule has 1 aromatic heterocycles. The first kappa shape index (κ1) is 19.2. The second-order valence-corrected chi connectivity index (χ2v) is 10.8. The van der Waals surface area contributed by atoms with E-state index in [0.29, 0.717) is 23.2 Å². The molecule has 0 amide bonds. The number of halogens is 3. The van der Waals surface area contributed by atoms with E-state index < -0.39 is 21.7 Å².